The van der Waals surface area contributed by atoms with Gasteiger partial charge >= 0.3 is 5.97 Å². The van der Waals surface area contributed by atoms with Gasteiger partial charge in [0.15, 0.2) is 18.3 Å². The van der Waals surface area contributed by atoms with Crippen molar-refractivity contribution in [1.29, 1.82) is 5.26 Å². The van der Waals surface area contributed by atoms with Crippen molar-refractivity contribution in [3.05, 3.63) is 40.3 Å². The van der Waals surface area contributed by atoms with E-state index in [-0.39, 0.29) is 12.3 Å². The number of ketones is 1. The lowest BCUT2D eigenvalue weighted by atomic mass is 10.1. The molecule has 0 saturated carbocycles. The molecular formula is C18H15N3O4S2. The first-order valence-corrected chi connectivity index (χ1v) is 9.80. The molecule has 0 fully saturated rings. The number of anilines is 1. The third kappa shape index (κ3) is 4.53. The number of para-hydroxylation sites is 1. The van der Waals surface area contributed by atoms with Crippen LogP contribution in [0, 0.1) is 18.3 Å². The highest BCUT2D eigenvalue weighted by Crippen LogP contribution is 2.36. The number of thioether (sulfide) groups is 1. The van der Waals surface area contributed by atoms with E-state index in [0.717, 1.165) is 10.6 Å². The Labute approximate surface area is 163 Å². The van der Waals surface area contributed by atoms with Crippen LogP contribution in [-0.2, 0) is 19.1 Å². The number of hydrogen-bond donors (Lipinski definition) is 1. The molecule has 9 heteroatoms. The van der Waals surface area contributed by atoms with Crippen molar-refractivity contribution in [3.63, 3.8) is 0 Å². The van der Waals surface area contributed by atoms with Crippen molar-refractivity contribution in [1.82, 2.24) is 4.98 Å². The molecule has 2 atom stereocenters. The number of benzene rings is 1. The maximum absolute atomic E-state index is 12.2. The van der Waals surface area contributed by atoms with Crippen molar-refractivity contribution < 1.29 is 19.1 Å². The van der Waals surface area contributed by atoms with E-state index in [2.05, 4.69) is 10.3 Å². The van der Waals surface area contributed by atoms with Gasteiger partial charge in [-0.2, -0.15) is 5.26 Å². The first-order valence-electron chi connectivity index (χ1n) is 8.04. The Bertz CT molecular complexity index is 935. The highest BCUT2D eigenvalue weighted by atomic mass is 32.2. The maximum Gasteiger partial charge on any atom is 0.307 e. The molecule has 0 aliphatic carbocycles. The van der Waals surface area contributed by atoms with Crippen LogP contribution in [0.3, 0.4) is 0 Å². The van der Waals surface area contributed by atoms with Crippen LogP contribution in [-0.4, -0.2) is 34.5 Å². The maximum atomic E-state index is 12.2. The summed E-state index contributed by atoms with van der Waals surface area (Å²) in [4.78, 5) is 41.4. The number of esters is 1. The van der Waals surface area contributed by atoms with Crippen LogP contribution in [0.4, 0.5) is 5.69 Å². The van der Waals surface area contributed by atoms with Gasteiger partial charge in [0.05, 0.1) is 23.4 Å². The van der Waals surface area contributed by atoms with E-state index >= 15 is 0 Å². The summed E-state index contributed by atoms with van der Waals surface area (Å²) in [5.41, 5.74) is 1.43. The molecule has 3 rings (SSSR count). The summed E-state index contributed by atoms with van der Waals surface area (Å²) in [6.45, 7) is 1.25. The minimum absolute atomic E-state index is 0.161. The number of hydrogen-bond acceptors (Lipinski definition) is 8. The lowest BCUT2D eigenvalue weighted by molar-refractivity contribution is -0.148. The van der Waals surface area contributed by atoms with E-state index in [4.69, 9.17) is 4.74 Å². The molecule has 1 aromatic carbocycles. The molecule has 0 saturated heterocycles. The van der Waals surface area contributed by atoms with Crippen molar-refractivity contribution in [2.24, 2.45) is 0 Å². The van der Waals surface area contributed by atoms with Crippen LogP contribution in [0.15, 0.2) is 34.5 Å². The van der Waals surface area contributed by atoms with E-state index in [9.17, 15) is 19.6 Å². The van der Waals surface area contributed by atoms with Gasteiger partial charge in [-0.1, -0.05) is 12.1 Å². The SMILES string of the molecule is Cc1csc([C@@H](C#N)C(=O)COC(=O)C[C@H]2Sc3ccccc3NC2=O)n1. The Hall–Kier alpha value is -2.70. The number of amides is 1. The zero-order valence-electron chi connectivity index (χ0n) is 14.3. The molecule has 1 aliphatic rings. The number of fused-ring (bicyclic) bond motifs is 1. The van der Waals surface area contributed by atoms with Gasteiger partial charge in [-0.05, 0) is 19.1 Å². The monoisotopic (exact) mass is 401 g/mol. The Morgan fingerprint density at radius 1 is 1.41 bits per heavy atom. The summed E-state index contributed by atoms with van der Waals surface area (Å²) in [5.74, 6) is -2.54. The Balaban J connectivity index is 1.54. The van der Waals surface area contributed by atoms with Gasteiger partial charge in [-0.15, -0.1) is 23.1 Å². The van der Waals surface area contributed by atoms with Crippen LogP contribution in [0.25, 0.3) is 0 Å². The van der Waals surface area contributed by atoms with E-state index in [1.807, 2.05) is 24.3 Å². The van der Waals surface area contributed by atoms with E-state index in [1.165, 1.54) is 23.1 Å². The predicted molar refractivity (Wildman–Crippen MR) is 101 cm³/mol. The van der Waals surface area contributed by atoms with Gasteiger partial charge in [0.2, 0.25) is 5.91 Å². The predicted octanol–water partition coefficient (Wildman–Crippen LogP) is 2.67. The van der Waals surface area contributed by atoms with Gasteiger partial charge in [0.1, 0.15) is 5.01 Å². The standard InChI is InChI=1S/C18H15N3O4S2/c1-10-9-26-18(20-10)11(7-19)13(22)8-25-16(23)6-15-17(24)21-12-4-2-3-5-14(12)27-15/h2-5,9,11,15H,6,8H2,1H3,(H,21,24)/t11-,15+/m0/s1. The molecule has 1 amide bonds. The summed E-state index contributed by atoms with van der Waals surface area (Å²) >= 11 is 2.50. The van der Waals surface area contributed by atoms with E-state index in [0.29, 0.717) is 10.7 Å². The van der Waals surface area contributed by atoms with Crippen LogP contribution in [0.2, 0.25) is 0 Å². The topological polar surface area (TPSA) is 109 Å². The largest absolute Gasteiger partial charge is 0.458 e. The molecule has 138 valence electrons. The van der Waals surface area contributed by atoms with E-state index in [1.54, 1.807) is 18.4 Å². The summed E-state index contributed by atoms with van der Waals surface area (Å²) < 4.78 is 5.00. The van der Waals surface area contributed by atoms with Crippen molar-refractivity contribution in [3.8, 4) is 6.07 Å². The fourth-order valence-electron chi connectivity index (χ4n) is 2.44. The van der Waals surface area contributed by atoms with Gasteiger partial charge in [-0.25, -0.2) is 4.98 Å². The Morgan fingerprint density at radius 2 is 2.19 bits per heavy atom. The number of aryl methyl sites for hydroxylation is 1. The number of ether oxygens (including phenoxy) is 1. The average Bonchev–Trinajstić information content (AvgIpc) is 3.07. The van der Waals surface area contributed by atoms with Crippen LogP contribution >= 0.6 is 23.1 Å². The normalized spacial score (nSPS) is 16.6. The molecule has 7 nitrogen and oxygen atoms in total. The van der Waals surface area contributed by atoms with Crippen LogP contribution in [0.5, 0.6) is 0 Å². The lowest BCUT2D eigenvalue weighted by Crippen LogP contribution is -2.32. The fourth-order valence-corrected chi connectivity index (χ4v) is 4.40. The highest BCUT2D eigenvalue weighted by Gasteiger charge is 2.30. The summed E-state index contributed by atoms with van der Waals surface area (Å²) in [5, 5.41) is 13.5. The number of carbonyl (C=O) groups is 3. The molecule has 0 bridgehead atoms. The van der Waals surface area contributed by atoms with Crippen molar-refractivity contribution in [2.45, 2.75) is 29.4 Å². The fraction of sp³-hybridized carbons (Fsp3) is 0.278. The van der Waals surface area contributed by atoms with Gasteiger partial charge in [0.25, 0.3) is 0 Å². The van der Waals surface area contributed by atoms with Crippen molar-refractivity contribution >= 4 is 46.4 Å². The number of aromatic nitrogens is 1. The van der Waals surface area contributed by atoms with Crippen LogP contribution < -0.4 is 5.32 Å². The molecular weight excluding hydrogens is 386 g/mol. The second-order valence-corrected chi connectivity index (χ2v) is 7.95. The number of carbonyl (C=O) groups excluding carboxylic acids is 3. The van der Waals surface area contributed by atoms with E-state index < -0.39 is 29.5 Å². The first-order chi connectivity index (χ1) is 13.0. The summed E-state index contributed by atoms with van der Waals surface area (Å²) in [7, 11) is 0. The molecule has 2 aromatic rings. The molecule has 1 aliphatic heterocycles. The zero-order valence-corrected chi connectivity index (χ0v) is 15.9. The number of rotatable bonds is 6. The van der Waals surface area contributed by atoms with Crippen LogP contribution in [0.1, 0.15) is 23.0 Å². The Morgan fingerprint density at radius 3 is 2.89 bits per heavy atom. The molecule has 0 unspecified atom stereocenters. The molecule has 1 N–H and O–H groups in total. The highest BCUT2D eigenvalue weighted by molar-refractivity contribution is 8.01. The molecule has 2 heterocycles. The number of nitriles is 1. The molecule has 1 aromatic heterocycles. The summed E-state index contributed by atoms with van der Waals surface area (Å²) in [6.07, 6.45) is -0.161. The first kappa shape index (κ1) is 19.1. The number of nitrogens with zero attached hydrogens (tertiary/aromatic N) is 2. The number of nitrogens with one attached hydrogen (secondary N) is 1. The lowest BCUT2D eigenvalue weighted by Gasteiger charge is -2.23. The number of Topliss-reactive ketones (excluding diaryl/α,β-unsaturated/α-hetero) is 1. The Kier molecular flexibility index (Phi) is 5.88. The molecule has 0 spiro atoms. The van der Waals surface area contributed by atoms with Gasteiger partial charge in [0, 0.05) is 16.0 Å². The second-order valence-electron chi connectivity index (χ2n) is 5.81. The summed E-state index contributed by atoms with van der Waals surface area (Å²) in [6, 6.07) is 9.20. The smallest absolute Gasteiger partial charge is 0.307 e. The van der Waals surface area contributed by atoms with Gasteiger partial charge < -0.3 is 10.1 Å². The second kappa shape index (κ2) is 8.33. The zero-order chi connectivity index (χ0) is 19.4. The minimum Gasteiger partial charge on any atom is -0.458 e. The van der Waals surface area contributed by atoms with Gasteiger partial charge in [-0.3, -0.25) is 14.4 Å². The van der Waals surface area contributed by atoms with Crippen molar-refractivity contribution in [2.75, 3.05) is 11.9 Å². The number of thiazole rings is 1. The molecule has 27 heavy (non-hydrogen) atoms. The third-order valence-corrected chi connectivity index (χ3v) is 6.07. The third-order valence-electron chi connectivity index (χ3n) is 3.77. The average molecular weight is 401 g/mol. The quantitative estimate of drug-likeness (QED) is 0.741. The molecule has 0 radical (unpaired) electrons. The minimum atomic E-state index is -1.06.